The number of hydrogen-bond acceptors (Lipinski definition) is 3. The van der Waals surface area contributed by atoms with Crippen molar-refractivity contribution in [2.45, 2.75) is 31.0 Å². The van der Waals surface area contributed by atoms with Gasteiger partial charge in [0.25, 0.3) is 0 Å². The average molecular weight is 318 g/mol. The summed E-state index contributed by atoms with van der Waals surface area (Å²) in [6.45, 7) is 5.11. The maximum atomic E-state index is 11.2. The van der Waals surface area contributed by atoms with E-state index in [0.29, 0.717) is 19.5 Å². The third-order valence-corrected chi connectivity index (χ3v) is 4.94. The average Bonchev–Trinajstić information content (AvgIpc) is 2.61. The first-order valence-electron chi connectivity index (χ1n) is 8.27. The van der Waals surface area contributed by atoms with Crippen molar-refractivity contribution in [3.8, 4) is 6.07 Å². The highest BCUT2D eigenvalue weighted by atomic mass is 16.3. The molecule has 0 spiro atoms. The molecule has 0 heterocycles. The van der Waals surface area contributed by atoms with E-state index in [4.69, 9.17) is 0 Å². The van der Waals surface area contributed by atoms with Gasteiger partial charge in [-0.2, -0.15) is 5.26 Å². The number of rotatable bonds is 6. The highest BCUT2D eigenvalue weighted by Crippen LogP contribution is 2.45. The molecule has 0 bridgehead atoms. The van der Waals surface area contributed by atoms with Gasteiger partial charge in [0.1, 0.15) is 5.60 Å². The van der Waals surface area contributed by atoms with Crippen LogP contribution in [0.1, 0.15) is 24.0 Å². The van der Waals surface area contributed by atoms with Crippen LogP contribution in [0.2, 0.25) is 0 Å². The van der Waals surface area contributed by atoms with Crippen LogP contribution in [0, 0.1) is 11.3 Å². The van der Waals surface area contributed by atoms with Crippen molar-refractivity contribution in [2.75, 3.05) is 6.54 Å². The second kappa shape index (κ2) is 7.00. The molecule has 2 atom stereocenters. The second-order valence-corrected chi connectivity index (χ2v) is 6.37. The number of benzene rings is 2. The zero-order valence-corrected chi connectivity index (χ0v) is 13.7. The SMILES string of the molecule is C=C(c1ccccc1)[C@@]1(O)CC[C@@H]1N(CC#N)Cc1ccccc1. The van der Waals surface area contributed by atoms with Gasteiger partial charge in [0.05, 0.1) is 12.6 Å². The molecule has 1 fully saturated rings. The van der Waals surface area contributed by atoms with Crippen molar-refractivity contribution >= 4 is 5.57 Å². The zero-order chi connectivity index (χ0) is 17.0. The summed E-state index contributed by atoms with van der Waals surface area (Å²) in [5, 5.41) is 20.4. The van der Waals surface area contributed by atoms with Crippen LogP contribution in [0.3, 0.4) is 0 Å². The van der Waals surface area contributed by atoms with Gasteiger partial charge in [-0.05, 0) is 29.5 Å². The maximum absolute atomic E-state index is 11.2. The first kappa shape index (κ1) is 16.4. The van der Waals surface area contributed by atoms with Gasteiger partial charge in [0.15, 0.2) is 0 Å². The fourth-order valence-electron chi connectivity index (χ4n) is 3.46. The standard InChI is InChI=1S/C21H22N2O/c1-17(19-10-6-3-7-11-19)21(24)13-12-20(21)23(15-14-22)16-18-8-4-2-5-9-18/h2-11,20,24H,1,12-13,15-16H2/t20-,21-/m0/s1. The van der Waals surface area contributed by atoms with E-state index in [1.165, 1.54) is 0 Å². The largest absolute Gasteiger partial charge is 0.384 e. The Morgan fingerprint density at radius 1 is 1.17 bits per heavy atom. The quantitative estimate of drug-likeness (QED) is 0.828. The molecule has 0 saturated heterocycles. The predicted octanol–water partition coefficient (Wildman–Crippen LogP) is 3.62. The van der Waals surface area contributed by atoms with Gasteiger partial charge < -0.3 is 5.11 Å². The van der Waals surface area contributed by atoms with Gasteiger partial charge in [-0.1, -0.05) is 67.2 Å². The Balaban J connectivity index is 1.81. The molecule has 0 unspecified atom stereocenters. The van der Waals surface area contributed by atoms with Crippen LogP contribution in [0.25, 0.3) is 5.57 Å². The lowest BCUT2D eigenvalue weighted by molar-refractivity contribution is -0.0719. The molecule has 3 rings (SSSR count). The number of aliphatic hydroxyl groups is 1. The van der Waals surface area contributed by atoms with Gasteiger partial charge in [-0.15, -0.1) is 0 Å². The van der Waals surface area contributed by atoms with E-state index in [1.54, 1.807) is 0 Å². The minimum Gasteiger partial charge on any atom is -0.384 e. The number of nitriles is 1. The Kier molecular flexibility index (Phi) is 4.80. The third-order valence-electron chi connectivity index (χ3n) is 4.94. The van der Waals surface area contributed by atoms with E-state index in [9.17, 15) is 10.4 Å². The maximum Gasteiger partial charge on any atom is 0.105 e. The van der Waals surface area contributed by atoms with E-state index in [0.717, 1.165) is 23.1 Å². The summed E-state index contributed by atoms with van der Waals surface area (Å²) in [6, 6.07) is 22.0. The van der Waals surface area contributed by atoms with E-state index >= 15 is 0 Å². The van der Waals surface area contributed by atoms with Crippen LogP contribution >= 0.6 is 0 Å². The second-order valence-electron chi connectivity index (χ2n) is 6.37. The van der Waals surface area contributed by atoms with Gasteiger partial charge in [-0.25, -0.2) is 0 Å². The Bertz CT molecular complexity index is 735. The monoisotopic (exact) mass is 318 g/mol. The number of hydrogen-bond donors (Lipinski definition) is 1. The molecule has 1 aliphatic rings. The van der Waals surface area contributed by atoms with Crippen LogP contribution in [-0.4, -0.2) is 28.2 Å². The molecular weight excluding hydrogens is 296 g/mol. The predicted molar refractivity (Wildman–Crippen MR) is 95.9 cm³/mol. The summed E-state index contributed by atoms with van der Waals surface area (Å²) in [6.07, 6.45) is 1.55. The lowest BCUT2D eigenvalue weighted by atomic mass is 9.68. The molecule has 0 aliphatic heterocycles. The summed E-state index contributed by atoms with van der Waals surface area (Å²) in [5.74, 6) is 0. The molecule has 122 valence electrons. The highest BCUT2D eigenvalue weighted by Gasteiger charge is 2.50. The molecule has 3 nitrogen and oxygen atoms in total. The summed E-state index contributed by atoms with van der Waals surface area (Å²) < 4.78 is 0. The molecule has 2 aromatic rings. The first-order chi connectivity index (χ1) is 11.6. The molecule has 1 aliphatic carbocycles. The topological polar surface area (TPSA) is 47.3 Å². The summed E-state index contributed by atoms with van der Waals surface area (Å²) >= 11 is 0. The minimum absolute atomic E-state index is 0.0786. The molecule has 3 heteroatoms. The lowest BCUT2D eigenvalue weighted by Crippen LogP contribution is -2.60. The fourth-order valence-corrected chi connectivity index (χ4v) is 3.46. The minimum atomic E-state index is -0.965. The van der Waals surface area contributed by atoms with Crippen LogP contribution in [0.5, 0.6) is 0 Å². The van der Waals surface area contributed by atoms with Gasteiger partial charge >= 0.3 is 0 Å². The van der Waals surface area contributed by atoms with Crippen LogP contribution in [0.4, 0.5) is 0 Å². The van der Waals surface area contributed by atoms with Crippen molar-refractivity contribution < 1.29 is 5.11 Å². The lowest BCUT2D eigenvalue weighted by Gasteiger charge is -2.51. The normalized spacial score (nSPS) is 22.6. The summed E-state index contributed by atoms with van der Waals surface area (Å²) in [4.78, 5) is 2.06. The highest BCUT2D eigenvalue weighted by molar-refractivity contribution is 5.72. The van der Waals surface area contributed by atoms with E-state index in [2.05, 4.69) is 17.5 Å². The summed E-state index contributed by atoms with van der Waals surface area (Å²) in [5.41, 5.74) is 1.89. The molecule has 24 heavy (non-hydrogen) atoms. The molecule has 1 saturated carbocycles. The van der Waals surface area contributed by atoms with Crippen LogP contribution < -0.4 is 0 Å². The smallest absolute Gasteiger partial charge is 0.105 e. The Morgan fingerprint density at radius 3 is 2.33 bits per heavy atom. The van der Waals surface area contributed by atoms with Crippen molar-refractivity contribution in [1.82, 2.24) is 4.90 Å². The Labute approximate surface area is 143 Å². The van der Waals surface area contributed by atoms with Gasteiger partial charge in [-0.3, -0.25) is 4.90 Å². The molecule has 1 N–H and O–H groups in total. The van der Waals surface area contributed by atoms with Crippen molar-refractivity contribution in [3.05, 3.63) is 78.4 Å². The fraction of sp³-hybridized carbons (Fsp3) is 0.286. The molecule has 2 aromatic carbocycles. The Morgan fingerprint density at radius 2 is 1.79 bits per heavy atom. The number of nitrogens with zero attached hydrogens (tertiary/aromatic N) is 2. The first-order valence-corrected chi connectivity index (χ1v) is 8.27. The molecule has 0 radical (unpaired) electrons. The summed E-state index contributed by atoms with van der Waals surface area (Å²) in [7, 11) is 0. The van der Waals surface area contributed by atoms with Crippen LogP contribution in [-0.2, 0) is 6.54 Å². The zero-order valence-electron chi connectivity index (χ0n) is 13.7. The van der Waals surface area contributed by atoms with E-state index < -0.39 is 5.60 Å². The van der Waals surface area contributed by atoms with Crippen molar-refractivity contribution in [2.24, 2.45) is 0 Å². The molecule has 0 amide bonds. The van der Waals surface area contributed by atoms with Gasteiger partial charge in [0, 0.05) is 12.6 Å². The third kappa shape index (κ3) is 3.12. The van der Waals surface area contributed by atoms with Crippen molar-refractivity contribution in [3.63, 3.8) is 0 Å². The van der Waals surface area contributed by atoms with Crippen molar-refractivity contribution in [1.29, 1.82) is 5.26 Å². The van der Waals surface area contributed by atoms with Gasteiger partial charge in [0.2, 0.25) is 0 Å². The molecular formula is C21H22N2O. The molecule has 0 aromatic heterocycles. The van der Waals surface area contributed by atoms with Crippen LogP contribution in [0.15, 0.2) is 67.2 Å². The Hall–Kier alpha value is -2.41. The van der Waals surface area contributed by atoms with E-state index in [-0.39, 0.29) is 6.04 Å². The van der Waals surface area contributed by atoms with E-state index in [1.807, 2.05) is 60.7 Å².